The minimum absolute atomic E-state index is 0.222. The molecule has 0 saturated carbocycles. The zero-order chi connectivity index (χ0) is 12.1. The van der Waals surface area contributed by atoms with Crippen LogP contribution in [0.5, 0.6) is 5.75 Å². The van der Waals surface area contributed by atoms with Gasteiger partial charge in [0.15, 0.2) is 5.78 Å². The van der Waals surface area contributed by atoms with Crippen LogP contribution in [0.15, 0.2) is 24.3 Å². The van der Waals surface area contributed by atoms with Crippen LogP contribution >= 0.6 is 0 Å². The van der Waals surface area contributed by atoms with E-state index in [0.717, 1.165) is 30.8 Å². The second-order valence-corrected chi connectivity index (χ2v) is 4.45. The van der Waals surface area contributed by atoms with Gasteiger partial charge in [-0.15, -0.1) is 0 Å². The van der Waals surface area contributed by atoms with Crippen molar-refractivity contribution in [3.63, 3.8) is 0 Å². The van der Waals surface area contributed by atoms with E-state index in [4.69, 9.17) is 4.74 Å². The molecule has 1 aliphatic rings. The van der Waals surface area contributed by atoms with E-state index >= 15 is 0 Å². The Bertz CT molecular complexity index is 384. The van der Waals surface area contributed by atoms with Crippen LogP contribution < -0.4 is 10.1 Å². The number of carbonyl (C=O) groups is 1. The largest absolute Gasteiger partial charge is 0.494 e. The summed E-state index contributed by atoms with van der Waals surface area (Å²) in [6, 6.07) is 7.48. The molecule has 2 rings (SSSR count). The number of hydrogen-bond donors (Lipinski definition) is 1. The minimum Gasteiger partial charge on any atom is -0.494 e. The van der Waals surface area contributed by atoms with Crippen LogP contribution in [0.3, 0.4) is 0 Å². The van der Waals surface area contributed by atoms with Crippen molar-refractivity contribution in [2.24, 2.45) is 5.92 Å². The molecule has 3 nitrogen and oxygen atoms in total. The van der Waals surface area contributed by atoms with E-state index in [9.17, 15) is 4.79 Å². The van der Waals surface area contributed by atoms with Crippen molar-refractivity contribution in [1.82, 2.24) is 5.32 Å². The Balaban J connectivity index is 1.99. The summed E-state index contributed by atoms with van der Waals surface area (Å²) in [6.45, 7) is 4.58. The lowest BCUT2D eigenvalue weighted by Gasteiger charge is -2.08. The van der Waals surface area contributed by atoms with Crippen LogP contribution in [0.2, 0.25) is 0 Å². The molecule has 3 heteroatoms. The fourth-order valence-corrected chi connectivity index (χ4v) is 2.19. The highest BCUT2D eigenvalue weighted by Gasteiger charge is 2.19. The third-order valence-corrected chi connectivity index (χ3v) is 3.10. The molecule has 0 aliphatic carbocycles. The van der Waals surface area contributed by atoms with Gasteiger partial charge < -0.3 is 10.1 Å². The van der Waals surface area contributed by atoms with Crippen LogP contribution in [0.25, 0.3) is 0 Å². The van der Waals surface area contributed by atoms with Crippen molar-refractivity contribution in [2.75, 3.05) is 19.7 Å². The zero-order valence-electron chi connectivity index (χ0n) is 10.2. The standard InChI is InChI=1S/C14H19NO2/c1-2-17-13-5-3-4-12(9-13)14(16)8-11-6-7-15-10-11/h3-5,9,11,15H,2,6-8,10H2,1H3. The van der Waals surface area contributed by atoms with Crippen molar-refractivity contribution < 1.29 is 9.53 Å². The van der Waals surface area contributed by atoms with Crippen LogP contribution in [0.1, 0.15) is 30.1 Å². The second-order valence-electron chi connectivity index (χ2n) is 4.45. The SMILES string of the molecule is CCOc1cccc(C(=O)CC2CCNC2)c1. The molecule has 1 heterocycles. The van der Waals surface area contributed by atoms with Crippen molar-refractivity contribution in [1.29, 1.82) is 0 Å². The highest BCUT2D eigenvalue weighted by molar-refractivity contribution is 5.96. The molecule has 1 N–H and O–H groups in total. The van der Waals surface area contributed by atoms with Crippen molar-refractivity contribution >= 4 is 5.78 Å². The molecule has 1 aliphatic heterocycles. The number of benzene rings is 1. The van der Waals surface area contributed by atoms with E-state index in [1.807, 2.05) is 31.2 Å². The van der Waals surface area contributed by atoms with E-state index in [1.165, 1.54) is 0 Å². The molecular weight excluding hydrogens is 214 g/mol. The molecular formula is C14H19NO2. The number of rotatable bonds is 5. The van der Waals surface area contributed by atoms with Gasteiger partial charge in [0, 0.05) is 12.0 Å². The Morgan fingerprint density at radius 3 is 3.12 bits per heavy atom. The Hall–Kier alpha value is -1.35. The number of ketones is 1. The first-order chi connectivity index (χ1) is 8.29. The third-order valence-electron chi connectivity index (χ3n) is 3.10. The van der Waals surface area contributed by atoms with Crippen molar-refractivity contribution in [3.05, 3.63) is 29.8 Å². The second kappa shape index (κ2) is 5.82. The molecule has 1 aromatic rings. The predicted molar refractivity (Wildman–Crippen MR) is 67.5 cm³/mol. The van der Waals surface area contributed by atoms with Gasteiger partial charge in [-0.1, -0.05) is 12.1 Å². The maximum Gasteiger partial charge on any atom is 0.163 e. The summed E-state index contributed by atoms with van der Waals surface area (Å²) in [5.74, 6) is 1.50. The molecule has 1 aromatic carbocycles. The van der Waals surface area contributed by atoms with E-state index in [2.05, 4.69) is 5.32 Å². The number of nitrogens with one attached hydrogen (secondary N) is 1. The van der Waals surface area contributed by atoms with Crippen LogP contribution in [0.4, 0.5) is 0 Å². The molecule has 0 bridgehead atoms. The summed E-state index contributed by atoms with van der Waals surface area (Å²) in [7, 11) is 0. The Morgan fingerprint density at radius 2 is 2.41 bits per heavy atom. The van der Waals surface area contributed by atoms with E-state index in [1.54, 1.807) is 0 Å². The van der Waals surface area contributed by atoms with Gasteiger partial charge in [-0.3, -0.25) is 4.79 Å². The zero-order valence-corrected chi connectivity index (χ0v) is 10.2. The van der Waals surface area contributed by atoms with Gasteiger partial charge in [0.1, 0.15) is 5.75 Å². The van der Waals surface area contributed by atoms with E-state index < -0.39 is 0 Å². The third kappa shape index (κ3) is 3.30. The smallest absolute Gasteiger partial charge is 0.163 e. The number of Topliss-reactive ketones (excluding diaryl/α,β-unsaturated/α-hetero) is 1. The Morgan fingerprint density at radius 1 is 1.53 bits per heavy atom. The summed E-state index contributed by atoms with van der Waals surface area (Å²) in [5.41, 5.74) is 0.767. The molecule has 0 spiro atoms. The number of carbonyl (C=O) groups excluding carboxylic acids is 1. The van der Waals surface area contributed by atoms with Crippen LogP contribution in [-0.2, 0) is 0 Å². The normalized spacial score (nSPS) is 19.2. The lowest BCUT2D eigenvalue weighted by molar-refractivity contribution is 0.0964. The minimum atomic E-state index is 0.222. The molecule has 0 radical (unpaired) electrons. The average Bonchev–Trinajstić information content (AvgIpc) is 2.83. The monoisotopic (exact) mass is 233 g/mol. The summed E-state index contributed by atoms with van der Waals surface area (Å²) in [4.78, 5) is 12.1. The van der Waals surface area contributed by atoms with E-state index in [0.29, 0.717) is 18.9 Å². The lowest BCUT2D eigenvalue weighted by Crippen LogP contribution is -2.12. The molecule has 0 aromatic heterocycles. The average molecular weight is 233 g/mol. The quantitative estimate of drug-likeness (QED) is 0.793. The number of ether oxygens (including phenoxy) is 1. The highest BCUT2D eigenvalue weighted by Crippen LogP contribution is 2.19. The van der Waals surface area contributed by atoms with Crippen molar-refractivity contribution in [3.8, 4) is 5.75 Å². The molecule has 17 heavy (non-hydrogen) atoms. The fourth-order valence-electron chi connectivity index (χ4n) is 2.19. The van der Waals surface area contributed by atoms with Crippen molar-refractivity contribution in [2.45, 2.75) is 19.8 Å². The van der Waals surface area contributed by atoms with Gasteiger partial charge in [-0.25, -0.2) is 0 Å². The Labute approximate surface area is 102 Å². The van der Waals surface area contributed by atoms with Gasteiger partial charge in [0.25, 0.3) is 0 Å². The van der Waals surface area contributed by atoms with Crippen LogP contribution in [-0.4, -0.2) is 25.5 Å². The topological polar surface area (TPSA) is 38.3 Å². The molecule has 1 fully saturated rings. The molecule has 1 saturated heterocycles. The molecule has 1 unspecified atom stereocenters. The number of hydrogen-bond acceptors (Lipinski definition) is 3. The molecule has 92 valence electrons. The fraction of sp³-hybridized carbons (Fsp3) is 0.500. The first-order valence-corrected chi connectivity index (χ1v) is 6.26. The first-order valence-electron chi connectivity index (χ1n) is 6.26. The summed E-state index contributed by atoms with van der Waals surface area (Å²) in [5, 5.41) is 3.28. The predicted octanol–water partition coefficient (Wildman–Crippen LogP) is 2.27. The molecule has 0 amide bonds. The first kappa shape index (κ1) is 12.1. The summed E-state index contributed by atoms with van der Waals surface area (Å²) < 4.78 is 5.40. The van der Waals surface area contributed by atoms with Gasteiger partial charge in [-0.05, 0) is 44.5 Å². The lowest BCUT2D eigenvalue weighted by atomic mass is 9.97. The van der Waals surface area contributed by atoms with Gasteiger partial charge >= 0.3 is 0 Å². The molecule has 1 atom stereocenters. The van der Waals surface area contributed by atoms with Crippen LogP contribution in [0, 0.1) is 5.92 Å². The highest BCUT2D eigenvalue weighted by atomic mass is 16.5. The Kier molecular flexibility index (Phi) is 4.15. The van der Waals surface area contributed by atoms with Gasteiger partial charge in [0.2, 0.25) is 0 Å². The van der Waals surface area contributed by atoms with E-state index in [-0.39, 0.29) is 5.78 Å². The summed E-state index contributed by atoms with van der Waals surface area (Å²) >= 11 is 0. The maximum absolute atomic E-state index is 12.1. The van der Waals surface area contributed by atoms with Gasteiger partial charge in [-0.2, -0.15) is 0 Å². The maximum atomic E-state index is 12.1. The summed E-state index contributed by atoms with van der Waals surface area (Å²) in [6.07, 6.45) is 1.75. The van der Waals surface area contributed by atoms with Gasteiger partial charge in [0.05, 0.1) is 6.61 Å².